The van der Waals surface area contributed by atoms with E-state index in [9.17, 15) is 28.8 Å². The standard InChI is InChI=1S/C22H30O15/c1-9(23)31-15-7-29-21(19(35-13(5)27)17(15)33-11(3)25)37-22-20(36-14(6)28)18(34-12(4)26)16(8-30-22)32-10(2)24/h15-22H,7-8H2,1-6H3/t15-,16?,17-,18?,19-,20?,21-,22?/m1/s1. The summed E-state index contributed by atoms with van der Waals surface area (Å²) < 4.78 is 48.4. The first-order valence-corrected chi connectivity index (χ1v) is 11.2. The Bertz CT molecular complexity index is 815. The second-order valence-electron chi connectivity index (χ2n) is 8.13. The first-order chi connectivity index (χ1) is 17.3. The number of hydrogen-bond acceptors (Lipinski definition) is 15. The Morgan fingerprint density at radius 3 is 1.00 bits per heavy atom. The number of hydrogen-bond donors (Lipinski definition) is 0. The molecule has 0 saturated carbocycles. The highest BCUT2D eigenvalue weighted by molar-refractivity contribution is 5.69. The molecule has 15 nitrogen and oxygen atoms in total. The SMILES string of the molecule is CC(=O)OC1COC(O[C@H]2OC[C@@H](OC(C)=O)[C@@H](OC(C)=O)[C@H]2OC(C)=O)C(OC(C)=O)C1OC(C)=O. The summed E-state index contributed by atoms with van der Waals surface area (Å²) >= 11 is 0. The maximum Gasteiger partial charge on any atom is 0.303 e. The van der Waals surface area contributed by atoms with E-state index >= 15 is 0 Å². The largest absolute Gasteiger partial charge is 0.456 e. The molecule has 208 valence electrons. The van der Waals surface area contributed by atoms with Crippen molar-refractivity contribution >= 4 is 35.8 Å². The smallest absolute Gasteiger partial charge is 0.303 e. The molecule has 0 N–H and O–H groups in total. The molecule has 2 fully saturated rings. The zero-order chi connectivity index (χ0) is 27.9. The van der Waals surface area contributed by atoms with Crippen molar-refractivity contribution < 1.29 is 71.4 Å². The van der Waals surface area contributed by atoms with Gasteiger partial charge in [0.25, 0.3) is 0 Å². The minimum atomic E-state index is -1.49. The molecule has 37 heavy (non-hydrogen) atoms. The van der Waals surface area contributed by atoms with E-state index in [4.69, 9.17) is 42.6 Å². The number of rotatable bonds is 8. The molecular formula is C22H30O15. The van der Waals surface area contributed by atoms with E-state index in [0.29, 0.717) is 0 Å². The van der Waals surface area contributed by atoms with Gasteiger partial charge in [-0.3, -0.25) is 28.8 Å². The second-order valence-corrected chi connectivity index (χ2v) is 8.13. The highest BCUT2D eigenvalue weighted by Gasteiger charge is 2.53. The molecule has 0 aliphatic carbocycles. The Morgan fingerprint density at radius 2 is 0.730 bits per heavy atom. The van der Waals surface area contributed by atoms with Crippen LogP contribution in [0.4, 0.5) is 0 Å². The summed E-state index contributed by atoms with van der Waals surface area (Å²) in [6, 6.07) is 0. The molecule has 0 aromatic carbocycles. The van der Waals surface area contributed by atoms with Crippen molar-refractivity contribution in [3.63, 3.8) is 0 Å². The molecule has 0 radical (unpaired) electrons. The van der Waals surface area contributed by atoms with E-state index in [1.54, 1.807) is 0 Å². The van der Waals surface area contributed by atoms with Crippen LogP contribution in [0.5, 0.6) is 0 Å². The lowest BCUT2D eigenvalue weighted by Crippen LogP contribution is -2.62. The summed E-state index contributed by atoms with van der Waals surface area (Å²) in [5.41, 5.74) is 0. The van der Waals surface area contributed by atoms with Crippen LogP contribution in [0.2, 0.25) is 0 Å². The van der Waals surface area contributed by atoms with Gasteiger partial charge < -0.3 is 42.6 Å². The maximum absolute atomic E-state index is 11.9. The van der Waals surface area contributed by atoms with Gasteiger partial charge in [0.15, 0.2) is 36.6 Å². The number of carbonyl (C=O) groups excluding carboxylic acids is 6. The van der Waals surface area contributed by atoms with Crippen molar-refractivity contribution in [3.05, 3.63) is 0 Å². The highest BCUT2D eigenvalue weighted by Crippen LogP contribution is 2.31. The van der Waals surface area contributed by atoms with E-state index < -0.39 is 85.0 Å². The Labute approximate surface area is 211 Å². The van der Waals surface area contributed by atoms with E-state index in [2.05, 4.69) is 0 Å². The molecule has 0 aromatic heterocycles. The zero-order valence-corrected chi connectivity index (χ0v) is 21.2. The number of carbonyl (C=O) groups is 6. The fraction of sp³-hybridized carbons (Fsp3) is 0.727. The van der Waals surface area contributed by atoms with Gasteiger partial charge in [0.2, 0.25) is 12.6 Å². The van der Waals surface area contributed by atoms with Crippen LogP contribution in [0, 0.1) is 0 Å². The summed E-state index contributed by atoms with van der Waals surface area (Å²) in [5.74, 6) is -4.58. The molecule has 8 atom stereocenters. The van der Waals surface area contributed by atoms with Crippen molar-refractivity contribution in [2.24, 2.45) is 0 Å². The molecular weight excluding hydrogens is 504 g/mol. The van der Waals surface area contributed by atoms with Gasteiger partial charge >= 0.3 is 35.8 Å². The summed E-state index contributed by atoms with van der Waals surface area (Å²) in [5, 5.41) is 0. The lowest BCUT2D eigenvalue weighted by Gasteiger charge is -2.44. The molecule has 4 unspecified atom stereocenters. The molecule has 0 amide bonds. The van der Waals surface area contributed by atoms with Gasteiger partial charge in [0.05, 0.1) is 13.2 Å². The molecule has 0 aromatic rings. The van der Waals surface area contributed by atoms with Crippen molar-refractivity contribution in [2.45, 2.75) is 90.7 Å². The summed E-state index contributed by atoms with van der Waals surface area (Å²) in [6.07, 6.45) is -10.9. The van der Waals surface area contributed by atoms with Gasteiger partial charge in [0.1, 0.15) is 0 Å². The first-order valence-electron chi connectivity index (χ1n) is 11.2. The van der Waals surface area contributed by atoms with Gasteiger partial charge in [-0.2, -0.15) is 0 Å². The lowest BCUT2D eigenvalue weighted by molar-refractivity contribution is -0.353. The predicted molar refractivity (Wildman–Crippen MR) is 114 cm³/mol. The minimum Gasteiger partial charge on any atom is -0.456 e. The fourth-order valence-electron chi connectivity index (χ4n) is 3.78. The molecule has 2 rings (SSSR count). The van der Waals surface area contributed by atoms with Crippen molar-refractivity contribution in [2.75, 3.05) is 13.2 Å². The Kier molecular flexibility index (Phi) is 10.8. The summed E-state index contributed by atoms with van der Waals surface area (Å²) in [7, 11) is 0. The third kappa shape index (κ3) is 8.94. The van der Waals surface area contributed by atoms with Crippen LogP contribution in [-0.2, 0) is 71.4 Å². The van der Waals surface area contributed by atoms with Crippen LogP contribution in [0.25, 0.3) is 0 Å². The summed E-state index contributed by atoms with van der Waals surface area (Å²) in [6.45, 7) is 5.93. The van der Waals surface area contributed by atoms with Crippen LogP contribution in [0.3, 0.4) is 0 Å². The number of esters is 6. The van der Waals surface area contributed by atoms with E-state index in [0.717, 1.165) is 41.5 Å². The average Bonchev–Trinajstić information content (AvgIpc) is 2.74. The molecule has 2 aliphatic heterocycles. The van der Waals surface area contributed by atoms with Crippen molar-refractivity contribution in [3.8, 4) is 0 Å². The summed E-state index contributed by atoms with van der Waals surface area (Å²) in [4.78, 5) is 70.3. The van der Waals surface area contributed by atoms with Crippen LogP contribution in [-0.4, -0.2) is 98.2 Å². The molecule has 0 spiro atoms. The third-order valence-electron chi connectivity index (χ3n) is 4.88. The quantitative estimate of drug-likeness (QED) is 0.281. The normalized spacial score (nSPS) is 31.3. The van der Waals surface area contributed by atoms with Gasteiger partial charge in [-0.15, -0.1) is 0 Å². The topological polar surface area (TPSA) is 185 Å². The second kappa shape index (κ2) is 13.3. The van der Waals surface area contributed by atoms with Gasteiger partial charge in [-0.05, 0) is 0 Å². The average molecular weight is 534 g/mol. The fourth-order valence-corrected chi connectivity index (χ4v) is 3.78. The Morgan fingerprint density at radius 1 is 0.459 bits per heavy atom. The maximum atomic E-state index is 11.9. The highest BCUT2D eigenvalue weighted by atomic mass is 16.8. The monoisotopic (exact) mass is 534 g/mol. The lowest BCUT2D eigenvalue weighted by atomic mass is 10.0. The molecule has 2 aliphatic rings. The van der Waals surface area contributed by atoms with Crippen LogP contribution in [0.15, 0.2) is 0 Å². The van der Waals surface area contributed by atoms with Gasteiger partial charge in [-0.1, -0.05) is 0 Å². The van der Waals surface area contributed by atoms with Gasteiger partial charge in [0, 0.05) is 41.5 Å². The molecule has 2 saturated heterocycles. The zero-order valence-electron chi connectivity index (χ0n) is 21.2. The third-order valence-corrected chi connectivity index (χ3v) is 4.88. The predicted octanol–water partition coefficient (Wildman–Crippen LogP) is -0.694. The van der Waals surface area contributed by atoms with E-state index in [1.807, 2.05) is 0 Å². The van der Waals surface area contributed by atoms with E-state index in [1.165, 1.54) is 0 Å². The molecule has 15 heteroatoms. The van der Waals surface area contributed by atoms with Crippen LogP contribution in [0.1, 0.15) is 41.5 Å². The van der Waals surface area contributed by atoms with Crippen molar-refractivity contribution in [1.29, 1.82) is 0 Å². The number of ether oxygens (including phenoxy) is 9. The first kappa shape index (κ1) is 29.9. The van der Waals surface area contributed by atoms with Crippen LogP contribution < -0.4 is 0 Å². The Balaban J connectivity index is 2.38. The molecule has 2 heterocycles. The van der Waals surface area contributed by atoms with Crippen LogP contribution >= 0.6 is 0 Å². The molecule has 0 bridgehead atoms. The van der Waals surface area contributed by atoms with Crippen molar-refractivity contribution in [1.82, 2.24) is 0 Å². The van der Waals surface area contributed by atoms with Gasteiger partial charge in [-0.25, -0.2) is 0 Å². The van der Waals surface area contributed by atoms with E-state index in [-0.39, 0.29) is 13.2 Å². The minimum absolute atomic E-state index is 0.339. The Hall–Kier alpha value is -3.30.